The lowest BCUT2D eigenvalue weighted by molar-refractivity contribution is 0.0723. The zero-order valence-corrected chi connectivity index (χ0v) is 14.3. The average molecular weight is 330 g/mol. The van der Waals surface area contributed by atoms with Gasteiger partial charge in [-0.25, -0.2) is 4.68 Å². The lowest BCUT2D eigenvalue weighted by Gasteiger charge is -2.24. The van der Waals surface area contributed by atoms with Crippen LogP contribution in [-0.2, 0) is 7.05 Å². The first-order valence-corrected chi connectivity index (χ1v) is 8.45. The second kappa shape index (κ2) is 5.65. The largest absolute Gasteiger partial charge is 0.481 e. The van der Waals surface area contributed by atoms with Gasteiger partial charge in [-0.2, -0.15) is 5.10 Å². The molecule has 128 valence electrons. The van der Waals surface area contributed by atoms with E-state index in [0.29, 0.717) is 18.2 Å². The van der Waals surface area contributed by atoms with Gasteiger partial charge >= 0.3 is 0 Å². The quantitative estimate of drug-likeness (QED) is 0.861. The van der Waals surface area contributed by atoms with Crippen LogP contribution in [0.5, 0.6) is 5.88 Å². The molecule has 0 spiro atoms. The van der Waals surface area contributed by atoms with Crippen molar-refractivity contribution in [3.8, 4) is 5.88 Å². The topological polar surface area (TPSA) is 73.4 Å². The first kappa shape index (κ1) is 15.2. The van der Waals surface area contributed by atoms with Crippen molar-refractivity contribution in [2.24, 2.45) is 7.05 Å². The Balaban J connectivity index is 1.63. The molecule has 2 aromatic heterocycles. The van der Waals surface area contributed by atoms with E-state index in [-0.39, 0.29) is 11.9 Å². The van der Waals surface area contributed by atoms with Crippen LogP contribution < -0.4 is 4.74 Å². The van der Waals surface area contributed by atoms with Crippen molar-refractivity contribution in [2.75, 3.05) is 13.7 Å². The van der Waals surface area contributed by atoms with Gasteiger partial charge < -0.3 is 14.2 Å². The molecule has 0 aromatic carbocycles. The smallest absolute Gasteiger partial charge is 0.276 e. The van der Waals surface area contributed by atoms with Crippen molar-refractivity contribution in [3.63, 3.8) is 0 Å². The number of likely N-dealkylation sites (tertiary alicyclic amines) is 1. The number of hydrogen-bond donors (Lipinski definition) is 0. The number of rotatable bonds is 4. The highest BCUT2D eigenvalue weighted by molar-refractivity contribution is 5.92. The Bertz CT molecular complexity index is 775. The molecule has 0 unspecified atom stereocenters. The van der Waals surface area contributed by atoms with Crippen LogP contribution >= 0.6 is 0 Å². The molecular weight excluding hydrogens is 308 g/mol. The molecule has 4 rings (SSSR count). The highest BCUT2D eigenvalue weighted by atomic mass is 16.5. The minimum absolute atomic E-state index is 0.0257. The Morgan fingerprint density at radius 2 is 2.17 bits per heavy atom. The fourth-order valence-electron chi connectivity index (χ4n) is 3.69. The van der Waals surface area contributed by atoms with Crippen LogP contribution in [0.3, 0.4) is 0 Å². The van der Waals surface area contributed by atoms with Crippen molar-refractivity contribution in [1.82, 2.24) is 19.8 Å². The third kappa shape index (κ3) is 2.39. The summed E-state index contributed by atoms with van der Waals surface area (Å²) in [7, 11) is 3.50. The number of hydrogen-bond acceptors (Lipinski definition) is 5. The summed E-state index contributed by atoms with van der Waals surface area (Å²) in [5.41, 5.74) is 2.30. The van der Waals surface area contributed by atoms with Crippen LogP contribution in [0.4, 0.5) is 0 Å². The van der Waals surface area contributed by atoms with E-state index in [4.69, 9.17) is 9.26 Å². The van der Waals surface area contributed by atoms with Gasteiger partial charge in [0.1, 0.15) is 5.76 Å². The molecule has 1 aliphatic carbocycles. The maximum absolute atomic E-state index is 12.9. The lowest BCUT2D eigenvalue weighted by atomic mass is 10.0. The number of carbonyl (C=O) groups is 1. The van der Waals surface area contributed by atoms with Crippen molar-refractivity contribution in [2.45, 2.75) is 44.6 Å². The Morgan fingerprint density at radius 3 is 2.88 bits per heavy atom. The summed E-state index contributed by atoms with van der Waals surface area (Å²) in [6.45, 7) is 2.67. The van der Waals surface area contributed by atoms with E-state index < -0.39 is 0 Å². The molecule has 2 aliphatic rings. The normalized spacial score (nSPS) is 20.6. The summed E-state index contributed by atoms with van der Waals surface area (Å²) in [6, 6.07) is 1.78. The van der Waals surface area contributed by atoms with E-state index in [1.807, 2.05) is 24.9 Å². The molecule has 7 heteroatoms. The average Bonchev–Trinajstić information content (AvgIpc) is 3.00. The van der Waals surface area contributed by atoms with Gasteiger partial charge in [-0.15, -0.1) is 0 Å². The predicted octanol–water partition coefficient (Wildman–Crippen LogP) is 2.58. The molecule has 1 amide bonds. The van der Waals surface area contributed by atoms with E-state index in [1.165, 1.54) is 0 Å². The Labute approximate surface area is 140 Å². The number of ether oxygens (including phenoxy) is 1. The van der Waals surface area contributed by atoms with Gasteiger partial charge in [-0.3, -0.25) is 4.79 Å². The Hall–Kier alpha value is -2.31. The molecule has 1 saturated carbocycles. The molecule has 0 N–H and O–H groups in total. The first-order valence-electron chi connectivity index (χ1n) is 8.45. The summed E-state index contributed by atoms with van der Waals surface area (Å²) in [4.78, 5) is 14.8. The van der Waals surface area contributed by atoms with Crippen LogP contribution in [0.15, 0.2) is 10.6 Å². The van der Waals surface area contributed by atoms with E-state index >= 15 is 0 Å². The second-order valence-corrected chi connectivity index (χ2v) is 6.68. The molecule has 2 aromatic rings. The van der Waals surface area contributed by atoms with Crippen LogP contribution in [-0.4, -0.2) is 39.4 Å². The Morgan fingerprint density at radius 1 is 1.38 bits per heavy atom. The summed E-state index contributed by atoms with van der Waals surface area (Å²) in [6.07, 6.45) is 4.12. The third-order valence-corrected chi connectivity index (χ3v) is 4.98. The zero-order chi connectivity index (χ0) is 16.8. The molecule has 1 saturated heterocycles. The summed E-state index contributed by atoms with van der Waals surface area (Å²) < 4.78 is 12.6. The molecule has 1 atom stereocenters. The van der Waals surface area contributed by atoms with Crippen molar-refractivity contribution in [3.05, 3.63) is 28.8 Å². The molecule has 7 nitrogen and oxygen atoms in total. The molecule has 3 heterocycles. The van der Waals surface area contributed by atoms with Crippen molar-refractivity contribution >= 4 is 5.91 Å². The van der Waals surface area contributed by atoms with Gasteiger partial charge in [0.05, 0.1) is 24.4 Å². The fourth-order valence-corrected chi connectivity index (χ4v) is 3.69. The highest BCUT2D eigenvalue weighted by Gasteiger charge is 2.37. The maximum Gasteiger partial charge on any atom is 0.276 e. The molecule has 1 aliphatic heterocycles. The molecule has 2 fully saturated rings. The van der Waals surface area contributed by atoms with Crippen LogP contribution in [0.25, 0.3) is 0 Å². The molecule has 0 bridgehead atoms. The Kier molecular flexibility index (Phi) is 3.58. The SMILES string of the molecule is COc1c([C@@H]2CCCN2C(=O)c2cc(C3CC3)on2)c(C)nn1C. The summed E-state index contributed by atoms with van der Waals surface area (Å²) in [5.74, 6) is 1.94. The minimum atomic E-state index is -0.0709. The van der Waals surface area contributed by atoms with E-state index in [0.717, 1.165) is 48.6 Å². The number of aryl methyl sites for hydroxylation is 2. The van der Waals surface area contributed by atoms with Gasteiger partial charge in [0, 0.05) is 25.6 Å². The predicted molar refractivity (Wildman–Crippen MR) is 86.0 cm³/mol. The monoisotopic (exact) mass is 330 g/mol. The second-order valence-electron chi connectivity index (χ2n) is 6.68. The van der Waals surface area contributed by atoms with Crippen LogP contribution in [0.1, 0.15) is 65.1 Å². The lowest BCUT2D eigenvalue weighted by Crippen LogP contribution is -2.31. The van der Waals surface area contributed by atoms with E-state index in [2.05, 4.69) is 10.3 Å². The van der Waals surface area contributed by atoms with Gasteiger partial charge in [0.25, 0.3) is 5.91 Å². The van der Waals surface area contributed by atoms with Gasteiger partial charge in [-0.05, 0) is 32.6 Å². The van der Waals surface area contributed by atoms with Gasteiger partial charge in [0.15, 0.2) is 5.69 Å². The van der Waals surface area contributed by atoms with Gasteiger partial charge in [0.2, 0.25) is 5.88 Å². The van der Waals surface area contributed by atoms with Crippen LogP contribution in [0, 0.1) is 6.92 Å². The number of methoxy groups -OCH3 is 1. The summed E-state index contributed by atoms with van der Waals surface area (Å²) >= 11 is 0. The highest BCUT2D eigenvalue weighted by Crippen LogP contribution is 2.42. The zero-order valence-electron chi connectivity index (χ0n) is 14.3. The molecule has 0 radical (unpaired) electrons. The third-order valence-electron chi connectivity index (χ3n) is 4.98. The summed E-state index contributed by atoms with van der Waals surface area (Å²) in [5, 5.41) is 8.45. The number of amides is 1. The van der Waals surface area contributed by atoms with Crippen LogP contribution in [0.2, 0.25) is 0 Å². The van der Waals surface area contributed by atoms with E-state index in [9.17, 15) is 4.79 Å². The first-order chi connectivity index (χ1) is 11.6. The molecular formula is C17H22N4O3. The molecule has 24 heavy (non-hydrogen) atoms. The van der Waals surface area contributed by atoms with Crippen molar-refractivity contribution in [1.29, 1.82) is 0 Å². The standard InChI is InChI=1S/C17H22N4O3/c1-10-15(17(23-3)20(2)18-10)13-5-4-8-21(13)16(22)12-9-14(24-19-12)11-6-7-11/h9,11,13H,4-8H2,1-3H3/t13-/m0/s1. The van der Waals surface area contributed by atoms with Crippen molar-refractivity contribution < 1.29 is 14.1 Å². The maximum atomic E-state index is 12.9. The minimum Gasteiger partial charge on any atom is -0.481 e. The van der Waals surface area contributed by atoms with E-state index in [1.54, 1.807) is 11.8 Å². The van der Waals surface area contributed by atoms with Gasteiger partial charge in [-0.1, -0.05) is 5.16 Å². The number of nitrogens with zero attached hydrogens (tertiary/aromatic N) is 4. The number of carbonyl (C=O) groups excluding carboxylic acids is 1. The fraction of sp³-hybridized carbons (Fsp3) is 0.588. The number of aromatic nitrogens is 3.